The first-order valence-electron chi connectivity index (χ1n) is 6.27. The molecule has 1 aromatic rings. The van der Waals surface area contributed by atoms with Gasteiger partial charge in [0.2, 0.25) is 0 Å². The van der Waals surface area contributed by atoms with Gasteiger partial charge in [0.25, 0.3) is 0 Å². The van der Waals surface area contributed by atoms with Gasteiger partial charge in [0, 0.05) is 18.6 Å². The normalized spacial score (nSPS) is 12.2. The molecule has 0 unspecified atom stereocenters. The number of nitrogens with one attached hydrogen (secondary N) is 1. The molecule has 0 saturated heterocycles. The molecular formula is C15H26N2. The van der Waals surface area contributed by atoms with Crippen molar-refractivity contribution in [1.29, 1.82) is 0 Å². The first kappa shape index (κ1) is 14.2. The van der Waals surface area contributed by atoms with Crippen molar-refractivity contribution in [3.05, 3.63) is 34.9 Å². The monoisotopic (exact) mass is 234 g/mol. The Morgan fingerprint density at radius 1 is 1.18 bits per heavy atom. The number of benzene rings is 1. The zero-order valence-electron chi connectivity index (χ0n) is 12.1. The molecule has 1 N–H and O–H groups in total. The van der Waals surface area contributed by atoms with E-state index in [4.69, 9.17) is 0 Å². The fourth-order valence-corrected chi connectivity index (χ4v) is 2.02. The SMILES string of the molecule is CNC(C)(C)CN(C)Cc1ccc(C)c(C)c1. The summed E-state index contributed by atoms with van der Waals surface area (Å²) in [4.78, 5) is 2.36. The minimum atomic E-state index is 0.161. The first-order chi connectivity index (χ1) is 7.84. The van der Waals surface area contributed by atoms with E-state index in [-0.39, 0.29) is 5.54 Å². The van der Waals surface area contributed by atoms with E-state index >= 15 is 0 Å². The van der Waals surface area contributed by atoms with Crippen molar-refractivity contribution in [2.24, 2.45) is 0 Å². The fourth-order valence-electron chi connectivity index (χ4n) is 2.02. The van der Waals surface area contributed by atoms with Gasteiger partial charge in [-0.3, -0.25) is 0 Å². The van der Waals surface area contributed by atoms with Crippen LogP contribution in [0.3, 0.4) is 0 Å². The van der Waals surface area contributed by atoms with Crippen LogP contribution in [0.4, 0.5) is 0 Å². The summed E-state index contributed by atoms with van der Waals surface area (Å²) >= 11 is 0. The van der Waals surface area contributed by atoms with Gasteiger partial charge in [-0.2, -0.15) is 0 Å². The Morgan fingerprint density at radius 3 is 2.35 bits per heavy atom. The Labute approximate surface area is 106 Å². The van der Waals surface area contributed by atoms with Crippen LogP contribution in [0.15, 0.2) is 18.2 Å². The zero-order chi connectivity index (χ0) is 13.1. The smallest absolute Gasteiger partial charge is 0.0249 e. The Kier molecular flexibility index (Phi) is 4.72. The molecule has 2 heteroatoms. The predicted octanol–water partition coefficient (Wildman–Crippen LogP) is 2.73. The highest BCUT2D eigenvalue weighted by Gasteiger charge is 2.17. The van der Waals surface area contributed by atoms with Crippen LogP contribution < -0.4 is 5.32 Å². The third-order valence-electron chi connectivity index (χ3n) is 3.37. The van der Waals surface area contributed by atoms with E-state index in [0.717, 1.165) is 13.1 Å². The van der Waals surface area contributed by atoms with Crippen LogP contribution in [0, 0.1) is 13.8 Å². The molecule has 0 atom stereocenters. The molecule has 0 amide bonds. The number of hydrogen-bond donors (Lipinski definition) is 1. The van der Waals surface area contributed by atoms with E-state index < -0.39 is 0 Å². The number of nitrogens with zero attached hydrogens (tertiary/aromatic N) is 1. The molecule has 0 bridgehead atoms. The van der Waals surface area contributed by atoms with Crippen LogP contribution in [0.5, 0.6) is 0 Å². The first-order valence-corrected chi connectivity index (χ1v) is 6.27. The fraction of sp³-hybridized carbons (Fsp3) is 0.600. The average molecular weight is 234 g/mol. The van der Waals surface area contributed by atoms with Crippen LogP contribution in [-0.2, 0) is 6.54 Å². The predicted molar refractivity (Wildman–Crippen MR) is 75.4 cm³/mol. The molecule has 0 spiro atoms. The van der Waals surface area contributed by atoms with Gasteiger partial charge >= 0.3 is 0 Å². The Hall–Kier alpha value is -0.860. The van der Waals surface area contributed by atoms with Crippen molar-refractivity contribution < 1.29 is 0 Å². The highest BCUT2D eigenvalue weighted by atomic mass is 15.1. The molecular weight excluding hydrogens is 208 g/mol. The van der Waals surface area contributed by atoms with Crippen molar-refractivity contribution in [2.45, 2.75) is 39.8 Å². The van der Waals surface area contributed by atoms with Crippen molar-refractivity contribution in [3.8, 4) is 0 Å². The van der Waals surface area contributed by atoms with Gasteiger partial charge in [0.05, 0.1) is 0 Å². The van der Waals surface area contributed by atoms with E-state index in [9.17, 15) is 0 Å². The van der Waals surface area contributed by atoms with Crippen LogP contribution >= 0.6 is 0 Å². The van der Waals surface area contributed by atoms with Gasteiger partial charge in [-0.05, 0) is 58.5 Å². The molecule has 0 fully saturated rings. The standard InChI is InChI=1S/C15H26N2/c1-12-7-8-14(9-13(12)2)10-17(6)11-15(3,4)16-5/h7-9,16H,10-11H2,1-6H3. The van der Waals surface area contributed by atoms with E-state index in [2.05, 4.69) is 63.2 Å². The average Bonchev–Trinajstić information content (AvgIpc) is 2.23. The molecule has 17 heavy (non-hydrogen) atoms. The van der Waals surface area contributed by atoms with Gasteiger partial charge in [-0.15, -0.1) is 0 Å². The molecule has 2 nitrogen and oxygen atoms in total. The number of rotatable bonds is 5. The van der Waals surface area contributed by atoms with E-state index in [1.807, 2.05) is 7.05 Å². The lowest BCUT2D eigenvalue weighted by Crippen LogP contribution is -2.46. The summed E-state index contributed by atoms with van der Waals surface area (Å²) in [6, 6.07) is 6.73. The van der Waals surface area contributed by atoms with Gasteiger partial charge in [0.15, 0.2) is 0 Å². The molecule has 0 aliphatic carbocycles. The van der Waals surface area contributed by atoms with Crippen LogP contribution in [0.25, 0.3) is 0 Å². The number of likely N-dealkylation sites (N-methyl/N-ethyl adjacent to an activating group) is 2. The van der Waals surface area contributed by atoms with Crippen molar-refractivity contribution in [1.82, 2.24) is 10.2 Å². The molecule has 0 radical (unpaired) electrons. The number of hydrogen-bond acceptors (Lipinski definition) is 2. The van der Waals surface area contributed by atoms with E-state index in [1.165, 1.54) is 16.7 Å². The van der Waals surface area contributed by atoms with Crippen LogP contribution in [0.2, 0.25) is 0 Å². The molecule has 0 saturated carbocycles. The summed E-state index contributed by atoms with van der Waals surface area (Å²) in [6.07, 6.45) is 0. The van der Waals surface area contributed by atoms with Gasteiger partial charge < -0.3 is 10.2 Å². The second-order valence-corrected chi connectivity index (χ2v) is 5.72. The van der Waals surface area contributed by atoms with E-state index in [0.29, 0.717) is 0 Å². The summed E-state index contributed by atoms with van der Waals surface area (Å²) in [6.45, 7) is 10.8. The second kappa shape index (κ2) is 5.65. The minimum Gasteiger partial charge on any atom is -0.314 e. The zero-order valence-corrected chi connectivity index (χ0v) is 12.1. The maximum absolute atomic E-state index is 3.34. The van der Waals surface area contributed by atoms with Crippen molar-refractivity contribution in [2.75, 3.05) is 20.6 Å². The van der Waals surface area contributed by atoms with Gasteiger partial charge in [0.1, 0.15) is 0 Å². The lowest BCUT2D eigenvalue weighted by Gasteiger charge is -2.30. The quantitative estimate of drug-likeness (QED) is 0.843. The molecule has 96 valence electrons. The highest BCUT2D eigenvalue weighted by molar-refractivity contribution is 5.29. The Balaban J connectivity index is 2.62. The Morgan fingerprint density at radius 2 is 1.82 bits per heavy atom. The van der Waals surface area contributed by atoms with Crippen molar-refractivity contribution >= 4 is 0 Å². The summed E-state index contributed by atoms with van der Waals surface area (Å²) < 4.78 is 0. The summed E-state index contributed by atoms with van der Waals surface area (Å²) in [7, 11) is 4.19. The van der Waals surface area contributed by atoms with Crippen LogP contribution in [-0.4, -0.2) is 31.1 Å². The summed E-state index contributed by atoms with van der Waals surface area (Å²) in [5.41, 5.74) is 4.30. The molecule has 0 aromatic heterocycles. The molecule has 1 aromatic carbocycles. The lowest BCUT2D eigenvalue weighted by atomic mass is 10.0. The van der Waals surface area contributed by atoms with Crippen molar-refractivity contribution in [3.63, 3.8) is 0 Å². The lowest BCUT2D eigenvalue weighted by molar-refractivity contribution is 0.238. The van der Waals surface area contributed by atoms with E-state index in [1.54, 1.807) is 0 Å². The third kappa shape index (κ3) is 4.49. The largest absolute Gasteiger partial charge is 0.314 e. The van der Waals surface area contributed by atoms with Crippen LogP contribution in [0.1, 0.15) is 30.5 Å². The topological polar surface area (TPSA) is 15.3 Å². The maximum Gasteiger partial charge on any atom is 0.0249 e. The number of aryl methyl sites for hydroxylation is 2. The van der Waals surface area contributed by atoms with Gasteiger partial charge in [-0.1, -0.05) is 18.2 Å². The molecule has 1 rings (SSSR count). The maximum atomic E-state index is 3.34. The molecule has 0 heterocycles. The molecule has 0 aliphatic heterocycles. The summed E-state index contributed by atoms with van der Waals surface area (Å²) in [5, 5.41) is 3.34. The third-order valence-corrected chi connectivity index (χ3v) is 3.37. The second-order valence-electron chi connectivity index (χ2n) is 5.72. The minimum absolute atomic E-state index is 0.161. The highest BCUT2D eigenvalue weighted by Crippen LogP contribution is 2.12. The van der Waals surface area contributed by atoms with Gasteiger partial charge in [-0.25, -0.2) is 0 Å². The Bertz CT molecular complexity index is 369. The molecule has 0 aliphatic rings. The summed E-state index contributed by atoms with van der Waals surface area (Å²) in [5.74, 6) is 0.